The normalized spacial score (nSPS) is 26.0. The smallest absolute Gasteiger partial charge is 0.326 e. The van der Waals surface area contributed by atoms with Gasteiger partial charge in [-0.1, -0.05) is 20.8 Å². The molecule has 2 atom stereocenters. The number of anilines is 2. The summed E-state index contributed by atoms with van der Waals surface area (Å²) in [4.78, 5) is 53.4. The number of nitrogens with one attached hydrogen (secondary N) is 2. The van der Waals surface area contributed by atoms with Crippen LogP contribution >= 0.6 is 0 Å². The number of carbonyl (C=O) groups is 4. The Morgan fingerprint density at radius 1 is 1.12 bits per heavy atom. The summed E-state index contributed by atoms with van der Waals surface area (Å²) in [6, 6.07) is 6.94. The Balaban J connectivity index is 1.27. The molecule has 4 rings (SSSR count). The van der Waals surface area contributed by atoms with Crippen molar-refractivity contribution in [2.75, 3.05) is 36.5 Å². The molecule has 2 N–H and O–H groups in total. The molecule has 0 radical (unpaired) electrons. The minimum absolute atomic E-state index is 0.0953. The van der Waals surface area contributed by atoms with Crippen LogP contribution < -0.4 is 15.5 Å². The van der Waals surface area contributed by atoms with E-state index in [2.05, 4.69) is 36.3 Å². The summed E-state index contributed by atoms with van der Waals surface area (Å²) in [6.07, 6.45) is 4.42. The molecule has 0 aromatic heterocycles. The largest absolute Gasteiger partial charge is 0.454 e. The van der Waals surface area contributed by atoms with E-state index in [-0.39, 0.29) is 11.3 Å². The summed E-state index contributed by atoms with van der Waals surface area (Å²) in [5, 5.41) is 5.52. The standard InChI is InChI=1S/C25H34N4O5/c1-17-12-24(2,3)16-25(13-17)22(32)29(23(33)27-25)14-21(31)34-15-20(30)26-18-6-8-19(9-7-18)28-10-4-5-11-28/h6-9,17H,4-5,10-16H2,1-3H3,(H,26,30)(H,27,33). The van der Waals surface area contributed by atoms with E-state index >= 15 is 0 Å². The highest BCUT2D eigenvalue weighted by molar-refractivity contribution is 6.09. The second kappa shape index (κ2) is 9.27. The molecule has 2 unspecified atom stereocenters. The first-order valence-corrected chi connectivity index (χ1v) is 12.0. The predicted molar refractivity (Wildman–Crippen MR) is 127 cm³/mol. The molecule has 1 aliphatic carbocycles. The lowest BCUT2D eigenvalue weighted by atomic mass is 9.64. The van der Waals surface area contributed by atoms with E-state index in [4.69, 9.17) is 4.74 Å². The first-order chi connectivity index (χ1) is 16.1. The molecule has 2 heterocycles. The number of esters is 1. The molecule has 1 saturated carbocycles. The number of amides is 4. The molecule has 34 heavy (non-hydrogen) atoms. The Hall–Kier alpha value is -3.10. The topological polar surface area (TPSA) is 108 Å². The van der Waals surface area contributed by atoms with E-state index in [9.17, 15) is 19.2 Å². The fourth-order valence-electron chi connectivity index (χ4n) is 5.90. The van der Waals surface area contributed by atoms with Crippen molar-refractivity contribution in [2.24, 2.45) is 11.3 Å². The van der Waals surface area contributed by atoms with Crippen LogP contribution in [0.25, 0.3) is 0 Å². The van der Waals surface area contributed by atoms with Crippen LogP contribution in [0.2, 0.25) is 0 Å². The summed E-state index contributed by atoms with van der Waals surface area (Å²) in [7, 11) is 0. The molecule has 184 valence electrons. The Kier molecular flexibility index (Phi) is 6.55. The van der Waals surface area contributed by atoms with Gasteiger partial charge in [0.1, 0.15) is 12.1 Å². The van der Waals surface area contributed by atoms with Gasteiger partial charge in [0.05, 0.1) is 0 Å². The number of nitrogens with zero attached hydrogens (tertiary/aromatic N) is 2. The third-order valence-corrected chi connectivity index (χ3v) is 6.90. The average molecular weight is 471 g/mol. The number of urea groups is 1. The van der Waals surface area contributed by atoms with Gasteiger partial charge in [-0.15, -0.1) is 0 Å². The van der Waals surface area contributed by atoms with Gasteiger partial charge in [0.25, 0.3) is 11.8 Å². The molecule has 1 spiro atoms. The van der Waals surface area contributed by atoms with Crippen LogP contribution in [-0.2, 0) is 19.1 Å². The Bertz CT molecular complexity index is 970. The molecule has 3 aliphatic rings. The van der Waals surface area contributed by atoms with Crippen LogP contribution in [0.4, 0.5) is 16.2 Å². The van der Waals surface area contributed by atoms with E-state index in [1.165, 1.54) is 12.8 Å². The quantitative estimate of drug-likeness (QED) is 0.489. The van der Waals surface area contributed by atoms with Gasteiger partial charge >= 0.3 is 12.0 Å². The molecule has 2 aliphatic heterocycles. The van der Waals surface area contributed by atoms with E-state index < -0.39 is 42.5 Å². The van der Waals surface area contributed by atoms with Gasteiger partial charge in [-0.05, 0) is 67.7 Å². The van der Waals surface area contributed by atoms with Crippen molar-refractivity contribution < 1.29 is 23.9 Å². The number of imide groups is 1. The summed E-state index contributed by atoms with van der Waals surface area (Å²) in [5.74, 6) is -1.41. The SMILES string of the molecule is CC1CC(C)(C)CC2(C1)NC(=O)N(CC(=O)OCC(=O)Nc1ccc(N3CCCC3)cc1)C2=O. The van der Waals surface area contributed by atoms with Crippen LogP contribution in [0.3, 0.4) is 0 Å². The van der Waals surface area contributed by atoms with Crippen molar-refractivity contribution in [3.05, 3.63) is 24.3 Å². The third-order valence-electron chi connectivity index (χ3n) is 6.90. The Labute approximate surface area is 200 Å². The van der Waals surface area contributed by atoms with Crippen molar-refractivity contribution in [2.45, 2.75) is 58.4 Å². The molecule has 0 bridgehead atoms. The van der Waals surface area contributed by atoms with Crippen molar-refractivity contribution in [3.8, 4) is 0 Å². The van der Waals surface area contributed by atoms with Gasteiger partial charge in [-0.3, -0.25) is 19.3 Å². The number of hydrogen-bond acceptors (Lipinski definition) is 6. The van der Waals surface area contributed by atoms with Crippen LogP contribution in [-0.4, -0.2) is 60.5 Å². The van der Waals surface area contributed by atoms with Gasteiger partial charge in [0.15, 0.2) is 6.61 Å². The highest BCUT2D eigenvalue weighted by Crippen LogP contribution is 2.46. The molecule has 9 heteroatoms. The Morgan fingerprint density at radius 2 is 1.79 bits per heavy atom. The maximum absolute atomic E-state index is 13.1. The second-order valence-electron chi connectivity index (χ2n) is 10.7. The number of rotatable bonds is 6. The maximum Gasteiger partial charge on any atom is 0.326 e. The fourth-order valence-corrected chi connectivity index (χ4v) is 5.90. The van der Waals surface area contributed by atoms with E-state index in [0.717, 1.165) is 30.1 Å². The van der Waals surface area contributed by atoms with Gasteiger partial charge in [0.2, 0.25) is 0 Å². The first-order valence-electron chi connectivity index (χ1n) is 12.0. The molecule has 2 saturated heterocycles. The van der Waals surface area contributed by atoms with Gasteiger partial charge in [-0.25, -0.2) is 4.79 Å². The maximum atomic E-state index is 13.1. The highest BCUT2D eigenvalue weighted by atomic mass is 16.5. The molecular weight excluding hydrogens is 436 g/mol. The molecule has 4 amide bonds. The van der Waals surface area contributed by atoms with Crippen molar-refractivity contribution >= 4 is 35.2 Å². The van der Waals surface area contributed by atoms with Gasteiger partial charge < -0.3 is 20.3 Å². The zero-order valence-electron chi connectivity index (χ0n) is 20.2. The van der Waals surface area contributed by atoms with E-state index in [0.29, 0.717) is 18.5 Å². The predicted octanol–water partition coefficient (Wildman–Crippen LogP) is 2.91. The van der Waals surface area contributed by atoms with Gasteiger partial charge in [0, 0.05) is 24.5 Å². The minimum atomic E-state index is -0.975. The molecule has 3 fully saturated rings. The summed E-state index contributed by atoms with van der Waals surface area (Å²) in [5.41, 5.74) is 0.650. The van der Waals surface area contributed by atoms with Crippen molar-refractivity contribution in [3.63, 3.8) is 0 Å². The number of hydrogen-bond donors (Lipinski definition) is 2. The first kappa shape index (κ1) is 24.0. The number of ether oxygens (including phenoxy) is 1. The number of benzene rings is 1. The van der Waals surface area contributed by atoms with Crippen LogP contribution in [0.5, 0.6) is 0 Å². The number of carbonyl (C=O) groups excluding carboxylic acids is 4. The molecule has 1 aromatic rings. The fraction of sp³-hybridized carbons (Fsp3) is 0.600. The van der Waals surface area contributed by atoms with Crippen molar-refractivity contribution in [1.82, 2.24) is 10.2 Å². The summed E-state index contributed by atoms with van der Waals surface area (Å²) in [6.45, 7) is 7.30. The monoisotopic (exact) mass is 470 g/mol. The molecule has 1 aromatic carbocycles. The Morgan fingerprint density at radius 3 is 2.44 bits per heavy atom. The van der Waals surface area contributed by atoms with Gasteiger partial charge in [-0.2, -0.15) is 0 Å². The van der Waals surface area contributed by atoms with Crippen LogP contribution in [0, 0.1) is 11.3 Å². The van der Waals surface area contributed by atoms with Crippen molar-refractivity contribution in [1.29, 1.82) is 0 Å². The average Bonchev–Trinajstić information content (AvgIpc) is 3.35. The molecule has 9 nitrogen and oxygen atoms in total. The summed E-state index contributed by atoms with van der Waals surface area (Å²) < 4.78 is 5.04. The van der Waals surface area contributed by atoms with E-state index in [1.54, 1.807) is 0 Å². The minimum Gasteiger partial charge on any atom is -0.454 e. The lowest BCUT2D eigenvalue weighted by molar-refractivity contribution is -0.150. The zero-order valence-corrected chi connectivity index (χ0v) is 20.2. The second-order valence-corrected chi connectivity index (χ2v) is 10.7. The zero-order chi connectivity index (χ0) is 24.5. The van der Waals surface area contributed by atoms with E-state index in [1.807, 2.05) is 24.3 Å². The third kappa shape index (κ3) is 5.18. The van der Waals surface area contributed by atoms with Crippen LogP contribution in [0.1, 0.15) is 52.9 Å². The molecular formula is C25H34N4O5. The highest BCUT2D eigenvalue weighted by Gasteiger charge is 2.56. The lowest BCUT2D eigenvalue weighted by Crippen LogP contribution is -2.54. The van der Waals surface area contributed by atoms with Crippen LogP contribution in [0.15, 0.2) is 24.3 Å². The lowest BCUT2D eigenvalue weighted by Gasteiger charge is -2.43. The summed E-state index contributed by atoms with van der Waals surface area (Å²) >= 11 is 0.